The number of nitrogens with two attached hydrogens (primary N) is 1. The Hall–Kier alpha value is -2.71. The van der Waals surface area contributed by atoms with Crippen LogP contribution in [-0.2, 0) is 6.42 Å². The quantitative estimate of drug-likeness (QED) is 0.450. The molecule has 1 saturated carbocycles. The Morgan fingerprint density at radius 1 is 1.06 bits per heavy atom. The molecule has 6 N–H and O–H groups in total. The molecule has 0 atom stereocenters. The van der Waals surface area contributed by atoms with Crippen LogP contribution in [-0.4, -0.2) is 46.2 Å². The Balaban J connectivity index is 1.55. The SMILES string of the molecule is CCc1nc(C(N)=O)c(Nc2ccc(C3CCNCC3)cc2)nc1N[C@H]1CC[C@H](O)CC1. The number of aromatic nitrogens is 2. The van der Waals surface area contributed by atoms with E-state index in [4.69, 9.17) is 10.7 Å². The van der Waals surface area contributed by atoms with Crippen molar-refractivity contribution in [2.24, 2.45) is 5.73 Å². The average molecular weight is 439 g/mol. The number of amides is 1. The van der Waals surface area contributed by atoms with Gasteiger partial charge in [-0.05, 0) is 81.6 Å². The summed E-state index contributed by atoms with van der Waals surface area (Å²) in [7, 11) is 0. The van der Waals surface area contributed by atoms with Crippen molar-refractivity contribution < 1.29 is 9.90 Å². The van der Waals surface area contributed by atoms with E-state index in [0.29, 0.717) is 24.0 Å². The molecule has 8 nitrogen and oxygen atoms in total. The van der Waals surface area contributed by atoms with Gasteiger partial charge in [0.15, 0.2) is 11.5 Å². The molecule has 1 amide bonds. The van der Waals surface area contributed by atoms with Gasteiger partial charge in [-0.15, -0.1) is 0 Å². The predicted octanol–water partition coefficient (Wildman–Crippen LogP) is 3.06. The van der Waals surface area contributed by atoms with E-state index in [9.17, 15) is 9.90 Å². The van der Waals surface area contributed by atoms with Crippen LogP contribution in [0.3, 0.4) is 0 Å². The second-order valence-corrected chi connectivity index (χ2v) is 8.85. The second-order valence-electron chi connectivity index (χ2n) is 8.85. The monoisotopic (exact) mass is 438 g/mol. The lowest BCUT2D eigenvalue weighted by atomic mass is 9.90. The molecule has 4 rings (SSSR count). The summed E-state index contributed by atoms with van der Waals surface area (Å²) >= 11 is 0. The normalized spacial score (nSPS) is 21.8. The predicted molar refractivity (Wildman–Crippen MR) is 126 cm³/mol. The van der Waals surface area contributed by atoms with Gasteiger partial charge in [0.05, 0.1) is 11.8 Å². The van der Waals surface area contributed by atoms with Gasteiger partial charge in [-0.1, -0.05) is 19.1 Å². The molecule has 1 aromatic carbocycles. The fourth-order valence-electron chi connectivity index (χ4n) is 4.64. The lowest BCUT2D eigenvalue weighted by Crippen LogP contribution is -2.29. The van der Waals surface area contributed by atoms with E-state index in [-0.39, 0.29) is 17.8 Å². The summed E-state index contributed by atoms with van der Waals surface area (Å²) in [6, 6.07) is 8.56. The molecular formula is C24H34N6O2. The number of benzene rings is 1. The van der Waals surface area contributed by atoms with Crippen LogP contribution in [0.15, 0.2) is 24.3 Å². The van der Waals surface area contributed by atoms with Crippen molar-refractivity contribution >= 4 is 23.2 Å². The first-order valence-electron chi connectivity index (χ1n) is 11.8. The minimum atomic E-state index is -0.603. The van der Waals surface area contributed by atoms with Gasteiger partial charge in [0, 0.05) is 11.7 Å². The zero-order chi connectivity index (χ0) is 22.5. The number of aryl methyl sites for hydroxylation is 1. The van der Waals surface area contributed by atoms with Crippen molar-refractivity contribution in [2.75, 3.05) is 23.7 Å². The summed E-state index contributed by atoms with van der Waals surface area (Å²) in [6.45, 7) is 4.10. The summed E-state index contributed by atoms with van der Waals surface area (Å²) in [5, 5.41) is 19.9. The molecule has 0 unspecified atom stereocenters. The van der Waals surface area contributed by atoms with Gasteiger partial charge < -0.3 is 26.8 Å². The lowest BCUT2D eigenvalue weighted by molar-refractivity contribution is 0.0996. The van der Waals surface area contributed by atoms with Crippen molar-refractivity contribution in [1.82, 2.24) is 15.3 Å². The Kier molecular flexibility index (Phi) is 7.22. The summed E-state index contributed by atoms with van der Waals surface area (Å²) in [6.07, 6.45) is 6.03. The second kappa shape index (κ2) is 10.3. The van der Waals surface area contributed by atoms with Crippen molar-refractivity contribution in [3.8, 4) is 0 Å². The number of anilines is 3. The first kappa shape index (κ1) is 22.5. The minimum absolute atomic E-state index is 0.147. The molecule has 2 fully saturated rings. The van der Waals surface area contributed by atoms with E-state index < -0.39 is 5.91 Å². The van der Waals surface area contributed by atoms with E-state index in [2.05, 4.69) is 33.1 Å². The maximum Gasteiger partial charge on any atom is 0.271 e. The van der Waals surface area contributed by atoms with Crippen LogP contribution in [0.4, 0.5) is 17.3 Å². The molecule has 0 spiro atoms. The molecule has 32 heavy (non-hydrogen) atoms. The fraction of sp³-hybridized carbons (Fsp3) is 0.542. The molecule has 172 valence electrons. The van der Waals surface area contributed by atoms with Crippen LogP contribution in [0.5, 0.6) is 0 Å². The van der Waals surface area contributed by atoms with E-state index in [0.717, 1.165) is 63.0 Å². The molecule has 1 aliphatic carbocycles. The van der Waals surface area contributed by atoms with Crippen LogP contribution >= 0.6 is 0 Å². The first-order valence-corrected chi connectivity index (χ1v) is 11.8. The van der Waals surface area contributed by atoms with E-state index in [1.165, 1.54) is 5.56 Å². The van der Waals surface area contributed by atoms with Gasteiger partial charge in [-0.2, -0.15) is 0 Å². The highest BCUT2D eigenvalue weighted by atomic mass is 16.3. The van der Waals surface area contributed by atoms with Crippen LogP contribution in [0.2, 0.25) is 0 Å². The van der Waals surface area contributed by atoms with Gasteiger partial charge in [-0.25, -0.2) is 9.97 Å². The molecule has 1 aromatic heterocycles. The van der Waals surface area contributed by atoms with Crippen LogP contribution in [0.25, 0.3) is 0 Å². The summed E-state index contributed by atoms with van der Waals surface area (Å²) < 4.78 is 0. The smallest absolute Gasteiger partial charge is 0.271 e. The van der Waals surface area contributed by atoms with Gasteiger partial charge in [-0.3, -0.25) is 4.79 Å². The molecular weight excluding hydrogens is 404 g/mol. The number of nitrogens with zero attached hydrogens (tertiary/aromatic N) is 2. The number of hydrogen-bond donors (Lipinski definition) is 5. The zero-order valence-electron chi connectivity index (χ0n) is 18.7. The third-order valence-corrected chi connectivity index (χ3v) is 6.56. The van der Waals surface area contributed by atoms with Gasteiger partial charge in [0.25, 0.3) is 5.91 Å². The lowest BCUT2D eigenvalue weighted by Gasteiger charge is -2.27. The molecule has 0 bridgehead atoms. The van der Waals surface area contributed by atoms with Crippen molar-refractivity contribution in [2.45, 2.75) is 69.9 Å². The van der Waals surface area contributed by atoms with Crippen LogP contribution in [0, 0.1) is 0 Å². The number of carbonyl (C=O) groups excluding carboxylic acids is 1. The molecule has 2 heterocycles. The standard InChI is InChI=1S/C24H34N6O2/c1-2-20-23(27-18-7-9-19(31)10-8-18)30-24(21(29-20)22(25)32)28-17-5-3-15(4-6-17)16-11-13-26-14-12-16/h3-6,16,18-19,26,31H,2,7-14H2,1H3,(H2,25,32)(H2,27,28,30)/t18-,19-. The topological polar surface area (TPSA) is 125 Å². The maximum atomic E-state index is 12.1. The number of hydrogen-bond acceptors (Lipinski definition) is 7. The largest absolute Gasteiger partial charge is 0.393 e. The number of carbonyl (C=O) groups is 1. The van der Waals surface area contributed by atoms with E-state index in [1.807, 2.05) is 19.1 Å². The molecule has 0 radical (unpaired) electrons. The molecule has 2 aliphatic rings. The average Bonchev–Trinajstić information content (AvgIpc) is 2.81. The van der Waals surface area contributed by atoms with Gasteiger partial charge in [0.2, 0.25) is 0 Å². The summed E-state index contributed by atoms with van der Waals surface area (Å²) in [5.41, 5.74) is 8.67. The number of rotatable bonds is 7. The van der Waals surface area contributed by atoms with Gasteiger partial charge in [0.1, 0.15) is 5.82 Å². The Bertz CT molecular complexity index is 919. The zero-order valence-corrected chi connectivity index (χ0v) is 18.7. The Morgan fingerprint density at radius 2 is 1.75 bits per heavy atom. The number of aliphatic hydroxyl groups excluding tert-OH is 1. The number of primary amides is 1. The van der Waals surface area contributed by atoms with Gasteiger partial charge >= 0.3 is 0 Å². The first-order chi connectivity index (χ1) is 15.5. The van der Waals surface area contributed by atoms with Crippen LogP contribution in [0.1, 0.15) is 73.1 Å². The van der Waals surface area contributed by atoms with E-state index >= 15 is 0 Å². The highest BCUT2D eigenvalue weighted by Crippen LogP contribution is 2.29. The minimum Gasteiger partial charge on any atom is -0.393 e. The Labute approximate surface area is 189 Å². The molecule has 8 heteroatoms. The van der Waals surface area contributed by atoms with Crippen molar-refractivity contribution in [3.05, 3.63) is 41.2 Å². The van der Waals surface area contributed by atoms with Crippen molar-refractivity contribution in [3.63, 3.8) is 0 Å². The summed E-state index contributed by atoms with van der Waals surface area (Å²) in [5.74, 6) is 1.02. The maximum absolute atomic E-state index is 12.1. The molecule has 2 aromatic rings. The third kappa shape index (κ3) is 5.37. The highest BCUT2D eigenvalue weighted by Gasteiger charge is 2.23. The number of aliphatic hydroxyl groups is 1. The van der Waals surface area contributed by atoms with E-state index in [1.54, 1.807) is 0 Å². The summed E-state index contributed by atoms with van der Waals surface area (Å²) in [4.78, 5) is 21.4. The molecule has 1 aliphatic heterocycles. The third-order valence-electron chi connectivity index (χ3n) is 6.56. The highest BCUT2D eigenvalue weighted by molar-refractivity contribution is 5.96. The Morgan fingerprint density at radius 3 is 2.38 bits per heavy atom. The number of piperidine rings is 1. The van der Waals surface area contributed by atoms with Crippen LogP contribution < -0.4 is 21.7 Å². The molecule has 1 saturated heterocycles. The fourth-order valence-corrected chi connectivity index (χ4v) is 4.64. The van der Waals surface area contributed by atoms with Crippen molar-refractivity contribution in [1.29, 1.82) is 0 Å². The number of nitrogens with one attached hydrogen (secondary N) is 3.